The number of nitrogens with one attached hydrogen (secondary N) is 3. The summed E-state index contributed by atoms with van der Waals surface area (Å²) in [4.78, 5) is 33.0. The van der Waals surface area contributed by atoms with Gasteiger partial charge in [-0.15, -0.1) is 0 Å². The lowest BCUT2D eigenvalue weighted by molar-refractivity contribution is -0.141. The molecule has 0 spiro atoms. The number of alkyl halides is 3. The number of halogens is 3. The van der Waals surface area contributed by atoms with Crippen LogP contribution in [0.1, 0.15) is 21.6 Å². The van der Waals surface area contributed by atoms with Gasteiger partial charge in [0.1, 0.15) is 35.8 Å². The first-order valence-electron chi connectivity index (χ1n) is 10.3. The number of rotatable bonds is 6. The van der Waals surface area contributed by atoms with E-state index in [1.54, 1.807) is 37.5 Å². The van der Waals surface area contributed by atoms with Gasteiger partial charge in [-0.2, -0.15) is 13.2 Å². The highest BCUT2D eigenvalue weighted by molar-refractivity contribution is 6.04. The summed E-state index contributed by atoms with van der Waals surface area (Å²) in [6.45, 7) is 1.84. The Balaban J connectivity index is 1.60. The van der Waals surface area contributed by atoms with E-state index in [0.29, 0.717) is 28.6 Å². The van der Waals surface area contributed by atoms with Crippen molar-refractivity contribution in [3.8, 4) is 11.3 Å². The molecule has 0 aliphatic carbocycles. The van der Waals surface area contributed by atoms with E-state index in [1.165, 1.54) is 24.8 Å². The molecule has 4 rings (SSSR count). The maximum absolute atomic E-state index is 12.9. The Labute approximate surface area is 197 Å². The Hall–Kier alpha value is -4.61. The van der Waals surface area contributed by atoms with Crippen molar-refractivity contribution in [3.05, 3.63) is 78.1 Å². The van der Waals surface area contributed by atoms with Crippen LogP contribution in [0.3, 0.4) is 0 Å². The molecule has 0 saturated carbocycles. The maximum Gasteiger partial charge on any atom is 0.433 e. The van der Waals surface area contributed by atoms with Crippen molar-refractivity contribution < 1.29 is 18.0 Å². The summed E-state index contributed by atoms with van der Waals surface area (Å²) < 4.78 is 38.8. The van der Waals surface area contributed by atoms with Crippen molar-refractivity contribution in [1.82, 2.24) is 24.9 Å². The van der Waals surface area contributed by atoms with Gasteiger partial charge in [0.2, 0.25) is 0 Å². The molecule has 0 aliphatic heterocycles. The van der Waals surface area contributed by atoms with Gasteiger partial charge < -0.3 is 16.0 Å². The van der Waals surface area contributed by atoms with Crippen LogP contribution in [0.2, 0.25) is 0 Å². The molecule has 0 bridgehead atoms. The standard InChI is InChI=1S/C23H19F3N8O/c1-13-6-7-14(22(35)34-19-5-3-4-18(33-19)23(24,25)26)8-16(13)32-21-15(10-28-11-31-21)17-9-20(27-2)30-12-29-17/h3-12H,1-2H3,(H,27,29,30)(H,28,31,32)(H,33,34,35). The van der Waals surface area contributed by atoms with Crippen molar-refractivity contribution in [2.45, 2.75) is 13.1 Å². The predicted octanol–water partition coefficient (Wildman–Crippen LogP) is 4.69. The molecule has 0 atom stereocenters. The van der Waals surface area contributed by atoms with Gasteiger partial charge in [0, 0.05) is 30.6 Å². The number of hydrogen-bond donors (Lipinski definition) is 3. The van der Waals surface area contributed by atoms with E-state index in [1.807, 2.05) is 6.92 Å². The van der Waals surface area contributed by atoms with Crippen LogP contribution in [-0.4, -0.2) is 37.9 Å². The zero-order valence-electron chi connectivity index (χ0n) is 18.6. The normalized spacial score (nSPS) is 11.1. The smallest absolute Gasteiger partial charge is 0.373 e. The van der Waals surface area contributed by atoms with Crippen molar-refractivity contribution in [2.75, 3.05) is 23.0 Å². The SMILES string of the molecule is CNc1cc(-c2cncnc2Nc2cc(C(=O)Nc3cccc(C(F)(F)F)n3)ccc2C)ncn1. The predicted molar refractivity (Wildman–Crippen MR) is 124 cm³/mol. The number of benzene rings is 1. The Kier molecular flexibility index (Phi) is 6.53. The molecule has 12 heteroatoms. The first kappa shape index (κ1) is 23.5. The van der Waals surface area contributed by atoms with Gasteiger partial charge in [-0.3, -0.25) is 4.79 Å². The van der Waals surface area contributed by atoms with Gasteiger partial charge in [0.05, 0.1) is 11.3 Å². The van der Waals surface area contributed by atoms with Crippen LogP contribution in [-0.2, 0) is 6.18 Å². The van der Waals surface area contributed by atoms with Gasteiger partial charge in [-0.25, -0.2) is 24.9 Å². The van der Waals surface area contributed by atoms with E-state index in [0.717, 1.165) is 11.6 Å². The van der Waals surface area contributed by atoms with E-state index in [4.69, 9.17) is 0 Å². The number of hydrogen-bond acceptors (Lipinski definition) is 8. The number of anilines is 4. The van der Waals surface area contributed by atoms with Gasteiger partial charge in [0.15, 0.2) is 0 Å². The second-order valence-corrected chi connectivity index (χ2v) is 7.34. The largest absolute Gasteiger partial charge is 0.433 e. The van der Waals surface area contributed by atoms with Crippen LogP contribution in [0, 0.1) is 6.92 Å². The van der Waals surface area contributed by atoms with Crippen LogP contribution in [0.5, 0.6) is 0 Å². The molecular weight excluding hydrogens is 461 g/mol. The lowest BCUT2D eigenvalue weighted by Gasteiger charge is -2.14. The topological polar surface area (TPSA) is 118 Å². The van der Waals surface area contributed by atoms with Crippen molar-refractivity contribution >= 4 is 29.0 Å². The quantitative estimate of drug-likeness (QED) is 0.364. The summed E-state index contributed by atoms with van der Waals surface area (Å²) in [6.07, 6.45) is -0.232. The van der Waals surface area contributed by atoms with E-state index >= 15 is 0 Å². The summed E-state index contributed by atoms with van der Waals surface area (Å²) in [6, 6.07) is 9.88. The van der Waals surface area contributed by atoms with Gasteiger partial charge >= 0.3 is 6.18 Å². The zero-order chi connectivity index (χ0) is 25.0. The van der Waals surface area contributed by atoms with E-state index < -0.39 is 17.8 Å². The number of carbonyl (C=O) groups excluding carboxylic acids is 1. The Bertz CT molecular complexity index is 1380. The van der Waals surface area contributed by atoms with Crippen LogP contribution in [0.4, 0.5) is 36.3 Å². The zero-order valence-corrected chi connectivity index (χ0v) is 18.6. The molecule has 0 saturated heterocycles. The summed E-state index contributed by atoms with van der Waals surface area (Å²) in [5, 5.41) is 8.54. The third-order valence-electron chi connectivity index (χ3n) is 4.95. The van der Waals surface area contributed by atoms with E-state index in [2.05, 4.69) is 40.9 Å². The van der Waals surface area contributed by atoms with Crippen molar-refractivity contribution in [3.63, 3.8) is 0 Å². The molecule has 1 amide bonds. The van der Waals surface area contributed by atoms with Crippen LogP contribution in [0.15, 0.2) is 61.3 Å². The molecule has 3 aromatic heterocycles. The number of aromatic nitrogens is 5. The molecule has 0 aliphatic rings. The summed E-state index contributed by atoms with van der Waals surface area (Å²) in [5.74, 6) is 0.239. The minimum absolute atomic E-state index is 0.206. The van der Waals surface area contributed by atoms with Crippen molar-refractivity contribution in [1.29, 1.82) is 0 Å². The maximum atomic E-state index is 12.9. The fourth-order valence-corrected chi connectivity index (χ4v) is 3.13. The van der Waals surface area contributed by atoms with Gasteiger partial charge in [-0.05, 0) is 36.8 Å². The Morgan fingerprint density at radius 2 is 1.80 bits per heavy atom. The minimum Gasteiger partial charge on any atom is -0.373 e. The average molecular weight is 480 g/mol. The molecule has 4 aromatic rings. The fourth-order valence-electron chi connectivity index (χ4n) is 3.13. The third kappa shape index (κ3) is 5.49. The van der Waals surface area contributed by atoms with Gasteiger partial charge in [-0.1, -0.05) is 12.1 Å². The monoisotopic (exact) mass is 480 g/mol. The lowest BCUT2D eigenvalue weighted by atomic mass is 10.1. The molecule has 3 N–H and O–H groups in total. The summed E-state index contributed by atoms with van der Waals surface area (Å²) in [7, 11) is 1.74. The Morgan fingerprint density at radius 3 is 2.57 bits per heavy atom. The van der Waals surface area contributed by atoms with Crippen molar-refractivity contribution in [2.24, 2.45) is 0 Å². The summed E-state index contributed by atoms with van der Waals surface area (Å²) in [5.41, 5.74) is 1.68. The second kappa shape index (κ2) is 9.71. The molecule has 0 unspecified atom stereocenters. The number of nitrogens with zero attached hydrogens (tertiary/aromatic N) is 5. The fraction of sp³-hybridized carbons (Fsp3) is 0.130. The summed E-state index contributed by atoms with van der Waals surface area (Å²) >= 11 is 0. The average Bonchev–Trinajstić information content (AvgIpc) is 2.85. The number of aryl methyl sites for hydroxylation is 1. The number of pyridine rings is 1. The molecule has 3 heterocycles. The molecule has 35 heavy (non-hydrogen) atoms. The highest BCUT2D eigenvalue weighted by Gasteiger charge is 2.32. The third-order valence-corrected chi connectivity index (χ3v) is 4.95. The second-order valence-electron chi connectivity index (χ2n) is 7.34. The Morgan fingerprint density at radius 1 is 0.971 bits per heavy atom. The molecule has 9 nitrogen and oxygen atoms in total. The highest BCUT2D eigenvalue weighted by Crippen LogP contribution is 2.30. The number of amides is 1. The molecule has 0 fully saturated rings. The lowest BCUT2D eigenvalue weighted by Crippen LogP contribution is -2.15. The highest BCUT2D eigenvalue weighted by atomic mass is 19.4. The van der Waals surface area contributed by atoms with Crippen LogP contribution < -0.4 is 16.0 Å². The molecular formula is C23H19F3N8O. The first-order chi connectivity index (χ1) is 16.7. The number of carbonyl (C=O) groups is 1. The van der Waals surface area contributed by atoms with Crippen LogP contribution in [0.25, 0.3) is 11.3 Å². The minimum atomic E-state index is -4.62. The molecule has 1 aromatic carbocycles. The van der Waals surface area contributed by atoms with E-state index in [9.17, 15) is 18.0 Å². The molecule has 0 radical (unpaired) electrons. The first-order valence-corrected chi connectivity index (χ1v) is 10.3. The van der Waals surface area contributed by atoms with E-state index in [-0.39, 0.29) is 11.4 Å². The molecule has 178 valence electrons. The van der Waals surface area contributed by atoms with Crippen LogP contribution >= 0.6 is 0 Å². The van der Waals surface area contributed by atoms with Gasteiger partial charge in [0.25, 0.3) is 5.91 Å².